The molecule has 3 aromatic rings. The fourth-order valence-electron chi connectivity index (χ4n) is 5.18. The van der Waals surface area contributed by atoms with Gasteiger partial charge in [0, 0.05) is 26.2 Å². The number of carbonyl (C=O) groups excluding carboxylic acids is 2. The Hall–Kier alpha value is -3.62. The monoisotopic (exact) mass is 491 g/mol. The number of ether oxygens (including phenoxy) is 1. The lowest BCUT2D eigenvalue weighted by Gasteiger charge is -2.41. The van der Waals surface area contributed by atoms with Gasteiger partial charge in [-0.25, -0.2) is 13.7 Å². The third-order valence-electron chi connectivity index (χ3n) is 6.98. The summed E-state index contributed by atoms with van der Waals surface area (Å²) in [4.78, 5) is 31.7. The van der Waals surface area contributed by atoms with E-state index < -0.39 is 6.04 Å². The maximum Gasteiger partial charge on any atom is 0.251 e. The van der Waals surface area contributed by atoms with E-state index in [0.717, 1.165) is 11.1 Å². The number of methoxy groups -OCH3 is 1. The lowest BCUT2D eigenvalue weighted by Crippen LogP contribution is -2.53. The number of carbonyl (C=O) groups is 2. The van der Waals surface area contributed by atoms with Crippen molar-refractivity contribution in [1.82, 2.24) is 9.80 Å². The number of halogens is 2. The van der Waals surface area contributed by atoms with Gasteiger partial charge in [-0.2, -0.15) is 0 Å². The smallest absolute Gasteiger partial charge is 0.251 e. The average Bonchev–Trinajstić information content (AvgIpc) is 3.20. The number of para-hydroxylation sites is 2. The van der Waals surface area contributed by atoms with Crippen molar-refractivity contribution < 1.29 is 23.1 Å². The zero-order valence-electron chi connectivity index (χ0n) is 19.9. The van der Waals surface area contributed by atoms with E-state index in [1.54, 1.807) is 48.5 Å². The summed E-state index contributed by atoms with van der Waals surface area (Å²) in [5, 5.41) is 0. The topological polar surface area (TPSA) is 53.1 Å². The molecule has 1 atom stereocenters. The molecule has 36 heavy (non-hydrogen) atoms. The highest BCUT2D eigenvalue weighted by Gasteiger charge is 2.44. The van der Waals surface area contributed by atoms with Gasteiger partial charge in [-0.05, 0) is 47.5 Å². The largest absolute Gasteiger partial charge is 0.495 e. The fraction of sp³-hybridized carbons (Fsp3) is 0.286. The number of hydrogen-bond acceptors (Lipinski definition) is 5. The minimum atomic E-state index is -0.528. The van der Waals surface area contributed by atoms with Gasteiger partial charge in [0.15, 0.2) is 0 Å². The van der Waals surface area contributed by atoms with Crippen LogP contribution in [0.4, 0.5) is 14.5 Å². The molecule has 0 radical (unpaired) electrons. The first kappa shape index (κ1) is 24.1. The summed E-state index contributed by atoms with van der Waals surface area (Å²) in [7, 11) is 1.51. The standard InChI is InChI=1S/C28H27F2N3O3/c1-36-25-5-3-2-4-23(25)33-26(34)18-24(28(33)35)31-14-16-32(17-15-31)27(19-6-10-21(29)11-7-19)20-8-12-22(30)13-9-20/h2-13,24,27H,14-18H2,1H3. The minimum absolute atomic E-state index is 0.121. The van der Waals surface area contributed by atoms with Crippen LogP contribution in [0.2, 0.25) is 0 Å². The Morgan fingerprint density at radius 1 is 0.806 bits per heavy atom. The van der Waals surface area contributed by atoms with Crippen LogP contribution in [0.15, 0.2) is 72.8 Å². The van der Waals surface area contributed by atoms with Crippen molar-refractivity contribution in [2.75, 3.05) is 38.2 Å². The number of nitrogens with zero attached hydrogens (tertiary/aromatic N) is 3. The molecule has 2 amide bonds. The van der Waals surface area contributed by atoms with Crippen molar-refractivity contribution in [3.05, 3.63) is 95.6 Å². The van der Waals surface area contributed by atoms with Crippen molar-refractivity contribution in [3.8, 4) is 5.75 Å². The Morgan fingerprint density at radius 2 is 1.36 bits per heavy atom. The van der Waals surface area contributed by atoms with Gasteiger partial charge < -0.3 is 4.74 Å². The highest BCUT2D eigenvalue weighted by atomic mass is 19.1. The number of hydrogen-bond donors (Lipinski definition) is 0. The lowest BCUT2D eigenvalue weighted by molar-refractivity contribution is -0.123. The quantitative estimate of drug-likeness (QED) is 0.488. The van der Waals surface area contributed by atoms with Crippen LogP contribution < -0.4 is 9.64 Å². The first-order valence-electron chi connectivity index (χ1n) is 11.9. The first-order chi connectivity index (χ1) is 17.5. The SMILES string of the molecule is COc1ccccc1N1C(=O)CC(N2CCN(C(c3ccc(F)cc3)c3ccc(F)cc3)CC2)C1=O. The van der Waals surface area contributed by atoms with Crippen LogP contribution in [0.5, 0.6) is 5.75 Å². The van der Waals surface area contributed by atoms with Crippen LogP contribution in [-0.2, 0) is 9.59 Å². The van der Waals surface area contributed by atoms with Crippen LogP contribution in [-0.4, -0.2) is 60.9 Å². The maximum atomic E-state index is 13.6. The summed E-state index contributed by atoms with van der Waals surface area (Å²) in [6, 6.07) is 19.0. The zero-order valence-corrected chi connectivity index (χ0v) is 19.9. The van der Waals surface area contributed by atoms with Crippen molar-refractivity contribution >= 4 is 17.5 Å². The molecule has 0 aliphatic carbocycles. The summed E-state index contributed by atoms with van der Waals surface area (Å²) in [5.41, 5.74) is 2.28. The molecule has 1 unspecified atom stereocenters. The van der Waals surface area contributed by atoms with E-state index in [2.05, 4.69) is 9.80 Å². The van der Waals surface area contributed by atoms with E-state index in [0.29, 0.717) is 37.6 Å². The summed E-state index contributed by atoms with van der Waals surface area (Å²) in [6.07, 6.45) is 0.121. The molecule has 0 bridgehead atoms. The van der Waals surface area contributed by atoms with Gasteiger partial charge in [0.05, 0.1) is 31.3 Å². The van der Waals surface area contributed by atoms with E-state index in [-0.39, 0.29) is 35.9 Å². The summed E-state index contributed by atoms with van der Waals surface area (Å²) < 4.78 is 32.6. The van der Waals surface area contributed by atoms with Crippen molar-refractivity contribution in [1.29, 1.82) is 0 Å². The Morgan fingerprint density at radius 3 is 1.92 bits per heavy atom. The van der Waals surface area contributed by atoms with E-state index in [1.165, 1.54) is 36.3 Å². The first-order valence-corrected chi connectivity index (χ1v) is 11.9. The number of anilines is 1. The zero-order chi connectivity index (χ0) is 25.2. The molecule has 2 aliphatic rings. The van der Waals surface area contributed by atoms with Gasteiger partial charge in [-0.3, -0.25) is 19.4 Å². The highest BCUT2D eigenvalue weighted by Crippen LogP contribution is 2.34. The molecule has 2 fully saturated rings. The molecule has 186 valence electrons. The number of amides is 2. The van der Waals surface area contributed by atoms with Gasteiger partial charge in [-0.1, -0.05) is 36.4 Å². The minimum Gasteiger partial charge on any atom is -0.495 e. The molecule has 2 aliphatic heterocycles. The number of benzene rings is 3. The van der Waals surface area contributed by atoms with Gasteiger partial charge in [0.1, 0.15) is 17.4 Å². The molecule has 0 saturated carbocycles. The Balaban J connectivity index is 1.33. The van der Waals surface area contributed by atoms with Crippen LogP contribution in [0, 0.1) is 11.6 Å². The number of piperazine rings is 1. The van der Waals surface area contributed by atoms with Gasteiger partial charge in [-0.15, -0.1) is 0 Å². The normalized spacial score (nSPS) is 19.3. The Labute approximate surface area is 208 Å². The molecular weight excluding hydrogens is 464 g/mol. The molecule has 6 nitrogen and oxygen atoms in total. The predicted molar refractivity (Wildman–Crippen MR) is 132 cm³/mol. The molecule has 2 heterocycles. The van der Waals surface area contributed by atoms with Crippen LogP contribution in [0.1, 0.15) is 23.6 Å². The predicted octanol–water partition coefficient (Wildman–Crippen LogP) is 4.01. The van der Waals surface area contributed by atoms with Gasteiger partial charge in [0.2, 0.25) is 5.91 Å². The summed E-state index contributed by atoms with van der Waals surface area (Å²) in [5.74, 6) is -0.638. The van der Waals surface area contributed by atoms with E-state index in [1.807, 2.05) is 0 Å². The molecule has 8 heteroatoms. The highest BCUT2D eigenvalue weighted by molar-refractivity contribution is 6.23. The van der Waals surface area contributed by atoms with Crippen LogP contribution in [0.3, 0.4) is 0 Å². The van der Waals surface area contributed by atoms with Crippen molar-refractivity contribution in [3.63, 3.8) is 0 Å². The third-order valence-corrected chi connectivity index (χ3v) is 6.98. The second-order valence-corrected chi connectivity index (χ2v) is 9.04. The Kier molecular flexibility index (Phi) is 6.80. The van der Waals surface area contributed by atoms with Crippen LogP contribution in [0.25, 0.3) is 0 Å². The average molecular weight is 492 g/mol. The molecule has 0 aromatic heterocycles. The Bertz CT molecular complexity index is 1200. The molecular formula is C28H27F2N3O3. The molecule has 5 rings (SSSR count). The second-order valence-electron chi connectivity index (χ2n) is 9.04. The summed E-state index contributed by atoms with van der Waals surface area (Å²) >= 11 is 0. The maximum absolute atomic E-state index is 13.6. The fourth-order valence-corrected chi connectivity index (χ4v) is 5.18. The lowest BCUT2D eigenvalue weighted by atomic mass is 9.96. The van der Waals surface area contributed by atoms with Gasteiger partial charge in [0.25, 0.3) is 5.91 Å². The number of imide groups is 1. The van der Waals surface area contributed by atoms with Crippen LogP contribution >= 0.6 is 0 Å². The summed E-state index contributed by atoms with van der Waals surface area (Å²) in [6.45, 7) is 2.43. The van der Waals surface area contributed by atoms with Crippen molar-refractivity contribution in [2.24, 2.45) is 0 Å². The number of rotatable bonds is 6. The molecule has 0 N–H and O–H groups in total. The third kappa shape index (κ3) is 4.62. The molecule has 3 aromatic carbocycles. The molecule has 2 saturated heterocycles. The second kappa shape index (κ2) is 10.2. The van der Waals surface area contributed by atoms with E-state index in [9.17, 15) is 18.4 Å². The van der Waals surface area contributed by atoms with Crippen molar-refractivity contribution in [2.45, 2.75) is 18.5 Å². The molecule has 0 spiro atoms. The van der Waals surface area contributed by atoms with E-state index in [4.69, 9.17) is 4.74 Å². The van der Waals surface area contributed by atoms with E-state index >= 15 is 0 Å². The van der Waals surface area contributed by atoms with Gasteiger partial charge >= 0.3 is 0 Å².